The van der Waals surface area contributed by atoms with Crippen molar-refractivity contribution in [3.8, 4) is 17.0 Å². The first-order chi connectivity index (χ1) is 19.3. The summed E-state index contributed by atoms with van der Waals surface area (Å²) in [5.41, 5.74) is 5.60. The zero-order valence-corrected chi connectivity index (χ0v) is 23.3. The summed E-state index contributed by atoms with van der Waals surface area (Å²) in [6, 6.07) is 12.9. The molecule has 0 saturated heterocycles. The highest BCUT2D eigenvalue weighted by molar-refractivity contribution is 5.93. The minimum absolute atomic E-state index is 0.141. The normalized spacial score (nSPS) is 11.8. The van der Waals surface area contributed by atoms with Crippen LogP contribution in [0.5, 0.6) is 5.75 Å². The third-order valence-electron chi connectivity index (χ3n) is 7.07. The maximum Gasteiger partial charge on any atom is 0.242 e. The fraction of sp³-hybridized carbons (Fsp3) is 0.355. The second-order valence-corrected chi connectivity index (χ2v) is 10.1. The smallest absolute Gasteiger partial charge is 0.242 e. The molecule has 4 rings (SSSR count). The highest BCUT2D eigenvalue weighted by Gasteiger charge is 2.22. The monoisotopic (exact) mass is 543 g/mol. The lowest BCUT2D eigenvalue weighted by atomic mass is 10.0. The number of hydrogen-bond donors (Lipinski definition) is 4. The summed E-state index contributed by atoms with van der Waals surface area (Å²) in [6.45, 7) is 3.87. The first-order valence-electron chi connectivity index (χ1n) is 13.6. The lowest BCUT2D eigenvalue weighted by molar-refractivity contribution is -0.129. The van der Waals surface area contributed by atoms with E-state index in [1.807, 2.05) is 49.4 Å². The number of ketones is 1. The van der Waals surface area contributed by atoms with E-state index >= 15 is 0 Å². The molecule has 0 spiro atoms. The topological polar surface area (TPSA) is 129 Å². The van der Waals surface area contributed by atoms with E-state index in [-0.39, 0.29) is 24.0 Å². The number of carbonyl (C=O) groups is 3. The maximum atomic E-state index is 13.2. The SMILES string of the molecule is COc1ccc2[nH]c(C)c(CC(=O)N[C@@H](CCCCCC(C)=O)C(=O)NCc3ccc(-c4cnc[nH]4)cc3)c2c1. The first kappa shape index (κ1) is 28.6. The number of aryl methyl sites for hydroxylation is 1. The van der Waals surface area contributed by atoms with Crippen molar-refractivity contribution in [1.29, 1.82) is 0 Å². The molecule has 2 aromatic carbocycles. The zero-order chi connectivity index (χ0) is 28.5. The number of Topliss-reactive ketones (excluding diaryl/α,β-unsaturated/α-hetero) is 1. The van der Waals surface area contributed by atoms with E-state index < -0.39 is 6.04 Å². The Morgan fingerprint density at radius 2 is 1.85 bits per heavy atom. The van der Waals surface area contributed by atoms with E-state index in [9.17, 15) is 14.4 Å². The van der Waals surface area contributed by atoms with E-state index in [1.54, 1.807) is 26.6 Å². The number of rotatable bonds is 14. The van der Waals surface area contributed by atoms with E-state index in [4.69, 9.17) is 4.74 Å². The maximum absolute atomic E-state index is 13.2. The Morgan fingerprint density at radius 1 is 1.05 bits per heavy atom. The molecule has 210 valence electrons. The van der Waals surface area contributed by atoms with Crippen molar-refractivity contribution in [1.82, 2.24) is 25.6 Å². The van der Waals surface area contributed by atoms with Crippen LogP contribution in [0.2, 0.25) is 0 Å². The predicted octanol–water partition coefficient (Wildman–Crippen LogP) is 4.76. The molecule has 4 N–H and O–H groups in total. The number of hydrogen-bond acceptors (Lipinski definition) is 5. The fourth-order valence-electron chi connectivity index (χ4n) is 4.82. The molecule has 0 aliphatic rings. The summed E-state index contributed by atoms with van der Waals surface area (Å²) in [5.74, 6) is 0.426. The third-order valence-corrected chi connectivity index (χ3v) is 7.07. The standard InChI is InChI=1S/C31H37N5O4/c1-20(37)7-5-4-6-8-28(31(39)33-17-22-9-11-23(12-10-22)29-18-32-19-34-29)36-30(38)16-25-21(2)35-27-14-13-24(40-3)15-26(25)27/h9-15,18-19,28,35H,4-8,16-17H2,1-3H3,(H,32,34)(H,33,39)(H,36,38)/t28-/m0/s1. The number of imidazole rings is 1. The van der Waals surface area contributed by atoms with Crippen LogP contribution in [-0.4, -0.2) is 45.7 Å². The van der Waals surface area contributed by atoms with Gasteiger partial charge in [-0.3, -0.25) is 9.59 Å². The van der Waals surface area contributed by atoms with Crippen LogP contribution < -0.4 is 15.4 Å². The lowest BCUT2D eigenvalue weighted by Gasteiger charge is -2.19. The molecule has 40 heavy (non-hydrogen) atoms. The number of aromatic amines is 2. The van der Waals surface area contributed by atoms with Crippen LogP contribution in [0.25, 0.3) is 22.2 Å². The number of methoxy groups -OCH3 is 1. The van der Waals surface area contributed by atoms with Gasteiger partial charge in [-0.25, -0.2) is 4.98 Å². The first-order valence-corrected chi connectivity index (χ1v) is 13.6. The number of benzene rings is 2. The lowest BCUT2D eigenvalue weighted by Crippen LogP contribution is -2.47. The molecule has 1 atom stereocenters. The molecule has 0 aliphatic carbocycles. The van der Waals surface area contributed by atoms with Crippen LogP contribution in [0.15, 0.2) is 55.0 Å². The van der Waals surface area contributed by atoms with Gasteiger partial charge in [0, 0.05) is 29.6 Å². The quantitative estimate of drug-likeness (QED) is 0.171. The molecular weight excluding hydrogens is 506 g/mol. The van der Waals surface area contributed by atoms with Crippen molar-refractivity contribution >= 4 is 28.5 Å². The number of nitrogens with zero attached hydrogens (tertiary/aromatic N) is 1. The van der Waals surface area contributed by atoms with Crippen LogP contribution >= 0.6 is 0 Å². The number of fused-ring (bicyclic) bond motifs is 1. The summed E-state index contributed by atoms with van der Waals surface area (Å²) in [4.78, 5) is 48.1. The Kier molecular flexibility index (Phi) is 9.72. The number of H-pyrrole nitrogens is 2. The number of carbonyl (C=O) groups excluding carboxylic acids is 3. The number of amides is 2. The van der Waals surface area contributed by atoms with E-state index in [0.29, 0.717) is 25.1 Å². The van der Waals surface area contributed by atoms with Gasteiger partial charge in [0.2, 0.25) is 11.8 Å². The molecule has 0 radical (unpaired) electrons. The van der Waals surface area contributed by atoms with E-state index in [1.165, 1.54) is 0 Å². The highest BCUT2D eigenvalue weighted by atomic mass is 16.5. The average Bonchev–Trinajstić information content (AvgIpc) is 3.59. The highest BCUT2D eigenvalue weighted by Crippen LogP contribution is 2.27. The summed E-state index contributed by atoms with van der Waals surface area (Å²) in [7, 11) is 1.61. The van der Waals surface area contributed by atoms with Crippen LogP contribution in [-0.2, 0) is 27.3 Å². The Hall–Kier alpha value is -4.40. The van der Waals surface area contributed by atoms with E-state index in [2.05, 4.69) is 25.6 Å². The predicted molar refractivity (Wildman–Crippen MR) is 155 cm³/mol. The van der Waals surface area contributed by atoms with Crippen molar-refractivity contribution in [2.24, 2.45) is 0 Å². The molecule has 0 aliphatic heterocycles. The number of ether oxygens (including phenoxy) is 1. The Balaban J connectivity index is 1.40. The van der Waals surface area contributed by atoms with E-state index in [0.717, 1.165) is 58.2 Å². The Labute approximate surface area is 234 Å². The van der Waals surface area contributed by atoms with Gasteiger partial charge in [0.15, 0.2) is 0 Å². The van der Waals surface area contributed by atoms with Gasteiger partial charge in [0.05, 0.1) is 31.7 Å². The van der Waals surface area contributed by atoms with Gasteiger partial charge < -0.3 is 30.1 Å². The number of nitrogens with one attached hydrogen (secondary N) is 4. The number of aromatic nitrogens is 3. The van der Waals surface area contributed by atoms with Crippen molar-refractivity contribution < 1.29 is 19.1 Å². The van der Waals surface area contributed by atoms with Crippen molar-refractivity contribution in [2.75, 3.05) is 7.11 Å². The van der Waals surface area contributed by atoms with Crippen molar-refractivity contribution in [3.05, 3.63) is 71.8 Å². The molecule has 9 heteroatoms. The van der Waals surface area contributed by atoms with Gasteiger partial charge in [-0.1, -0.05) is 37.1 Å². The second kappa shape index (κ2) is 13.6. The summed E-state index contributed by atoms with van der Waals surface area (Å²) in [5, 5.41) is 6.87. The summed E-state index contributed by atoms with van der Waals surface area (Å²) in [6.07, 6.45) is 6.88. The van der Waals surface area contributed by atoms with Gasteiger partial charge in [0.25, 0.3) is 0 Å². The number of unbranched alkanes of at least 4 members (excludes halogenated alkanes) is 2. The molecular formula is C31H37N5O4. The van der Waals surface area contributed by atoms with Crippen molar-refractivity contribution in [3.63, 3.8) is 0 Å². The fourth-order valence-corrected chi connectivity index (χ4v) is 4.82. The molecule has 0 bridgehead atoms. The molecule has 2 heterocycles. The minimum Gasteiger partial charge on any atom is -0.497 e. The van der Waals surface area contributed by atoms with Crippen LogP contribution in [0.1, 0.15) is 55.8 Å². The molecule has 2 amide bonds. The summed E-state index contributed by atoms with van der Waals surface area (Å²) < 4.78 is 5.36. The zero-order valence-electron chi connectivity index (χ0n) is 23.3. The summed E-state index contributed by atoms with van der Waals surface area (Å²) >= 11 is 0. The van der Waals surface area contributed by atoms with Gasteiger partial charge >= 0.3 is 0 Å². The molecule has 0 unspecified atom stereocenters. The van der Waals surface area contributed by atoms with Crippen molar-refractivity contribution in [2.45, 2.75) is 65.0 Å². The Bertz CT molecular complexity index is 1440. The molecule has 0 fully saturated rings. The molecule has 0 saturated carbocycles. The van der Waals surface area contributed by atoms with Gasteiger partial charge in [-0.15, -0.1) is 0 Å². The van der Waals surface area contributed by atoms with Gasteiger partial charge in [-0.05, 0) is 61.6 Å². The van der Waals surface area contributed by atoms with Gasteiger partial charge in [0.1, 0.15) is 17.6 Å². The van der Waals surface area contributed by atoms with Crippen LogP contribution in [0.4, 0.5) is 0 Å². The molecule has 9 nitrogen and oxygen atoms in total. The minimum atomic E-state index is -0.672. The van der Waals surface area contributed by atoms with Crippen LogP contribution in [0.3, 0.4) is 0 Å². The Morgan fingerprint density at radius 3 is 2.55 bits per heavy atom. The largest absolute Gasteiger partial charge is 0.497 e. The third kappa shape index (κ3) is 7.59. The average molecular weight is 544 g/mol. The van der Waals surface area contributed by atoms with Gasteiger partial charge in [-0.2, -0.15) is 0 Å². The second-order valence-electron chi connectivity index (χ2n) is 10.1. The molecule has 4 aromatic rings. The molecule has 2 aromatic heterocycles. The van der Waals surface area contributed by atoms with Crippen LogP contribution in [0, 0.1) is 6.92 Å².